The maximum atomic E-state index is 11.2. The van der Waals surface area contributed by atoms with Crippen LogP contribution in [0.15, 0.2) is 18.3 Å². The Kier molecular flexibility index (Phi) is 4.59. The Morgan fingerprint density at radius 2 is 2.15 bits per heavy atom. The van der Waals surface area contributed by atoms with E-state index in [1.165, 1.54) is 7.11 Å². The van der Waals surface area contributed by atoms with Gasteiger partial charge in [0.05, 0.1) is 19.0 Å². The van der Waals surface area contributed by atoms with Crippen molar-refractivity contribution in [2.45, 2.75) is 25.8 Å². The van der Waals surface area contributed by atoms with E-state index in [9.17, 15) is 4.79 Å². The minimum Gasteiger partial charge on any atom is -0.464 e. The first-order chi connectivity index (χ1) is 9.69. The normalized spacial score (nSPS) is 10.4. The summed E-state index contributed by atoms with van der Waals surface area (Å²) in [4.78, 5) is 11.2. The van der Waals surface area contributed by atoms with E-state index in [-0.39, 0.29) is 5.69 Å². The van der Waals surface area contributed by atoms with Gasteiger partial charge in [0.15, 0.2) is 5.69 Å². The van der Waals surface area contributed by atoms with E-state index < -0.39 is 5.97 Å². The Hall–Kier alpha value is -2.51. The fourth-order valence-electron chi connectivity index (χ4n) is 1.69. The smallest absolute Gasteiger partial charge is 0.360 e. The van der Waals surface area contributed by atoms with Gasteiger partial charge in [-0.1, -0.05) is 5.21 Å². The molecule has 8 nitrogen and oxygen atoms in total. The predicted molar refractivity (Wildman–Crippen MR) is 70.7 cm³/mol. The monoisotopic (exact) mass is 276 g/mol. The zero-order valence-corrected chi connectivity index (χ0v) is 11.2. The molecule has 0 bridgehead atoms. The average molecular weight is 276 g/mol. The second kappa shape index (κ2) is 6.60. The first-order valence-corrected chi connectivity index (χ1v) is 6.25. The van der Waals surface area contributed by atoms with Crippen LogP contribution in [-0.4, -0.2) is 38.3 Å². The zero-order chi connectivity index (χ0) is 14.4. The van der Waals surface area contributed by atoms with Gasteiger partial charge < -0.3 is 10.5 Å². The molecule has 2 aromatic rings. The van der Waals surface area contributed by atoms with E-state index in [0.29, 0.717) is 12.4 Å². The molecule has 0 atom stereocenters. The summed E-state index contributed by atoms with van der Waals surface area (Å²) in [7, 11) is 1.31. The SMILES string of the molecule is COC(=O)c1cn(CCCCc2ccc(N)nn2)nn1. The van der Waals surface area contributed by atoms with Gasteiger partial charge in [0.25, 0.3) is 0 Å². The molecule has 0 aromatic carbocycles. The van der Waals surface area contributed by atoms with Crippen LogP contribution in [0.5, 0.6) is 0 Å². The van der Waals surface area contributed by atoms with E-state index in [0.717, 1.165) is 25.0 Å². The number of hydrogen-bond donors (Lipinski definition) is 1. The number of unbranched alkanes of at least 4 members (excludes halogenated alkanes) is 1. The molecule has 0 saturated carbocycles. The van der Waals surface area contributed by atoms with Gasteiger partial charge in [0, 0.05) is 6.54 Å². The van der Waals surface area contributed by atoms with Crippen LogP contribution >= 0.6 is 0 Å². The molecular weight excluding hydrogens is 260 g/mol. The lowest BCUT2D eigenvalue weighted by Crippen LogP contribution is -2.02. The number of anilines is 1. The van der Waals surface area contributed by atoms with Crippen molar-refractivity contribution in [3.8, 4) is 0 Å². The first kappa shape index (κ1) is 13.9. The summed E-state index contributed by atoms with van der Waals surface area (Å²) in [6, 6.07) is 3.61. The molecule has 106 valence electrons. The average Bonchev–Trinajstić information content (AvgIpc) is 2.93. The predicted octanol–water partition coefficient (Wildman–Crippen LogP) is 0.460. The van der Waals surface area contributed by atoms with Crippen molar-refractivity contribution in [1.29, 1.82) is 0 Å². The van der Waals surface area contributed by atoms with Crippen LogP contribution in [0.1, 0.15) is 29.0 Å². The molecule has 0 unspecified atom stereocenters. The molecule has 0 radical (unpaired) electrons. The lowest BCUT2D eigenvalue weighted by molar-refractivity contribution is 0.0594. The lowest BCUT2D eigenvalue weighted by atomic mass is 10.2. The van der Waals surface area contributed by atoms with E-state index >= 15 is 0 Å². The van der Waals surface area contributed by atoms with E-state index in [1.807, 2.05) is 6.07 Å². The number of hydrogen-bond acceptors (Lipinski definition) is 7. The maximum Gasteiger partial charge on any atom is 0.360 e. The molecule has 0 fully saturated rings. The van der Waals surface area contributed by atoms with Crippen LogP contribution in [-0.2, 0) is 17.7 Å². The molecule has 2 heterocycles. The summed E-state index contributed by atoms with van der Waals surface area (Å²) in [6.07, 6.45) is 4.24. The Balaban J connectivity index is 1.74. The van der Waals surface area contributed by atoms with Gasteiger partial charge in [0.2, 0.25) is 0 Å². The van der Waals surface area contributed by atoms with Crippen molar-refractivity contribution in [2.24, 2.45) is 0 Å². The van der Waals surface area contributed by atoms with Gasteiger partial charge in [-0.25, -0.2) is 4.79 Å². The summed E-state index contributed by atoms with van der Waals surface area (Å²) in [5, 5.41) is 15.4. The molecule has 8 heteroatoms. The highest BCUT2D eigenvalue weighted by molar-refractivity contribution is 5.86. The molecule has 2 aromatic heterocycles. The van der Waals surface area contributed by atoms with Gasteiger partial charge in [-0.05, 0) is 31.4 Å². The number of methoxy groups -OCH3 is 1. The third-order valence-corrected chi connectivity index (χ3v) is 2.74. The minimum absolute atomic E-state index is 0.219. The number of rotatable bonds is 6. The second-order valence-corrected chi connectivity index (χ2v) is 4.27. The van der Waals surface area contributed by atoms with E-state index in [1.54, 1.807) is 16.9 Å². The topological polar surface area (TPSA) is 109 Å². The van der Waals surface area contributed by atoms with Crippen LogP contribution in [0.25, 0.3) is 0 Å². The molecule has 2 N–H and O–H groups in total. The Labute approximate surface area is 115 Å². The summed E-state index contributed by atoms with van der Waals surface area (Å²) in [5.74, 6) is -0.0555. The van der Waals surface area contributed by atoms with Crippen LogP contribution in [0.4, 0.5) is 5.82 Å². The van der Waals surface area contributed by atoms with Gasteiger partial charge >= 0.3 is 5.97 Å². The fourth-order valence-corrected chi connectivity index (χ4v) is 1.69. The Morgan fingerprint density at radius 1 is 1.30 bits per heavy atom. The Morgan fingerprint density at radius 3 is 2.85 bits per heavy atom. The zero-order valence-electron chi connectivity index (χ0n) is 11.2. The highest BCUT2D eigenvalue weighted by Gasteiger charge is 2.09. The first-order valence-electron chi connectivity index (χ1n) is 6.25. The van der Waals surface area contributed by atoms with Crippen molar-refractivity contribution in [3.63, 3.8) is 0 Å². The lowest BCUT2D eigenvalue weighted by Gasteiger charge is -2.01. The molecule has 20 heavy (non-hydrogen) atoms. The summed E-state index contributed by atoms with van der Waals surface area (Å²) >= 11 is 0. The number of nitrogens with two attached hydrogens (primary N) is 1. The highest BCUT2D eigenvalue weighted by Crippen LogP contribution is 2.04. The standard InChI is InChI=1S/C12H16N6O2/c1-20-12(19)10-8-18(17-15-10)7-3-2-4-9-5-6-11(13)16-14-9/h5-6,8H,2-4,7H2,1H3,(H2,13,16). The van der Waals surface area contributed by atoms with Crippen molar-refractivity contribution in [2.75, 3.05) is 12.8 Å². The number of nitrogen functional groups attached to an aromatic ring is 1. The van der Waals surface area contributed by atoms with Crippen LogP contribution in [0.2, 0.25) is 0 Å². The molecule has 0 aliphatic carbocycles. The number of carbonyl (C=O) groups excluding carboxylic acids is 1. The number of aryl methyl sites for hydroxylation is 2. The van der Waals surface area contributed by atoms with Crippen molar-refractivity contribution >= 4 is 11.8 Å². The molecule has 0 spiro atoms. The van der Waals surface area contributed by atoms with Crippen LogP contribution in [0, 0.1) is 0 Å². The second-order valence-electron chi connectivity index (χ2n) is 4.27. The van der Waals surface area contributed by atoms with Crippen LogP contribution < -0.4 is 5.73 Å². The molecule has 0 amide bonds. The van der Waals surface area contributed by atoms with Crippen molar-refractivity contribution < 1.29 is 9.53 Å². The maximum absolute atomic E-state index is 11.2. The van der Waals surface area contributed by atoms with Crippen LogP contribution in [0.3, 0.4) is 0 Å². The van der Waals surface area contributed by atoms with Crippen molar-refractivity contribution in [1.82, 2.24) is 25.2 Å². The van der Waals surface area contributed by atoms with E-state index in [2.05, 4.69) is 25.2 Å². The van der Waals surface area contributed by atoms with Gasteiger partial charge in [-0.15, -0.1) is 10.2 Å². The summed E-state index contributed by atoms with van der Waals surface area (Å²) in [5.41, 5.74) is 6.60. The quantitative estimate of drug-likeness (QED) is 0.603. The molecule has 2 rings (SSSR count). The number of carbonyl (C=O) groups is 1. The minimum atomic E-state index is -0.478. The van der Waals surface area contributed by atoms with E-state index in [4.69, 9.17) is 5.73 Å². The van der Waals surface area contributed by atoms with Gasteiger partial charge in [0.1, 0.15) is 5.82 Å². The highest BCUT2D eigenvalue weighted by atomic mass is 16.5. The third kappa shape index (κ3) is 3.74. The molecular formula is C12H16N6O2. The van der Waals surface area contributed by atoms with Gasteiger partial charge in [-0.2, -0.15) is 5.10 Å². The summed E-state index contributed by atoms with van der Waals surface area (Å²) in [6.45, 7) is 0.687. The van der Waals surface area contributed by atoms with Crippen molar-refractivity contribution in [3.05, 3.63) is 29.7 Å². The Bertz CT molecular complexity index is 566. The largest absolute Gasteiger partial charge is 0.464 e. The molecule has 0 aliphatic heterocycles. The van der Waals surface area contributed by atoms with Gasteiger partial charge in [-0.3, -0.25) is 4.68 Å². The third-order valence-electron chi connectivity index (χ3n) is 2.74. The number of nitrogens with zero attached hydrogens (tertiary/aromatic N) is 5. The number of ether oxygens (including phenoxy) is 1. The fraction of sp³-hybridized carbons (Fsp3) is 0.417. The summed E-state index contributed by atoms with van der Waals surface area (Å²) < 4.78 is 6.19. The molecule has 0 aliphatic rings. The number of esters is 1. The number of aromatic nitrogens is 5. The molecule has 0 saturated heterocycles.